The number of aromatic amines is 1. The second-order valence-corrected chi connectivity index (χ2v) is 5.18. The first-order valence-corrected chi connectivity index (χ1v) is 6.96. The van der Waals surface area contributed by atoms with Crippen molar-refractivity contribution in [3.05, 3.63) is 32.6 Å². The van der Waals surface area contributed by atoms with Crippen LogP contribution in [0.1, 0.15) is 18.2 Å². The number of hydrogen-bond acceptors (Lipinski definition) is 6. The van der Waals surface area contributed by atoms with Crippen LogP contribution in [0.25, 0.3) is 0 Å². The van der Waals surface area contributed by atoms with Crippen LogP contribution in [0.2, 0.25) is 0 Å². The van der Waals surface area contributed by atoms with Crippen molar-refractivity contribution < 1.29 is 23.8 Å². The van der Waals surface area contributed by atoms with Gasteiger partial charge in [-0.2, -0.15) is 0 Å². The summed E-state index contributed by atoms with van der Waals surface area (Å²) in [7, 11) is -2.78. The third-order valence-corrected chi connectivity index (χ3v) is 3.38. The predicted molar refractivity (Wildman–Crippen MR) is 66.4 cm³/mol. The summed E-state index contributed by atoms with van der Waals surface area (Å²) in [6, 6.07) is 0. The Bertz CT molecular complexity index is 625. The smallest absolute Gasteiger partial charge is 0.390 e. The SMILES string of the molecule is Cc1cn([C@H]2C[C@H](O)[C@@H](CO[P+](=O)O)O2)c(=O)[nH]c1=O. The number of nitrogens with zero attached hydrogens (tertiary/aromatic N) is 1. The van der Waals surface area contributed by atoms with E-state index in [9.17, 15) is 19.3 Å². The van der Waals surface area contributed by atoms with Gasteiger partial charge >= 0.3 is 13.9 Å². The number of hydrogen-bond donors (Lipinski definition) is 3. The van der Waals surface area contributed by atoms with Crippen molar-refractivity contribution in [2.45, 2.75) is 31.8 Å². The lowest BCUT2D eigenvalue weighted by Crippen LogP contribution is -2.33. The number of aliphatic hydroxyl groups is 1. The lowest BCUT2D eigenvalue weighted by Gasteiger charge is -2.14. The van der Waals surface area contributed by atoms with E-state index >= 15 is 0 Å². The molecule has 1 fully saturated rings. The molecule has 1 aliphatic heterocycles. The molecule has 0 radical (unpaired) electrons. The first-order valence-electron chi connectivity index (χ1n) is 5.83. The van der Waals surface area contributed by atoms with E-state index in [0.29, 0.717) is 5.56 Å². The molecule has 3 N–H and O–H groups in total. The van der Waals surface area contributed by atoms with E-state index in [0.717, 1.165) is 0 Å². The molecule has 1 aromatic heterocycles. The zero-order valence-electron chi connectivity index (χ0n) is 10.6. The molecule has 0 aromatic carbocycles. The van der Waals surface area contributed by atoms with Crippen molar-refractivity contribution in [3.8, 4) is 0 Å². The molecular formula is C10H14N2O7P+. The molecule has 1 aromatic rings. The second-order valence-electron chi connectivity index (χ2n) is 4.44. The molecule has 4 atom stereocenters. The number of H-pyrrole nitrogens is 1. The Morgan fingerprint density at radius 2 is 2.30 bits per heavy atom. The van der Waals surface area contributed by atoms with E-state index in [2.05, 4.69) is 9.51 Å². The molecule has 0 bridgehead atoms. The zero-order valence-corrected chi connectivity index (χ0v) is 11.4. The van der Waals surface area contributed by atoms with Crippen molar-refractivity contribution in [1.82, 2.24) is 9.55 Å². The topological polar surface area (TPSA) is 131 Å². The summed E-state index contributed by atoms with van der Waals surface area (Å²) in [5.41, 5.74) is -0.796. The average molecular weight is 305 g/mol. The summed E-state index contributed by atoms with van der Waals surface area (Å²) in [6.07, 6.45) is -1.06. The largest absolute Gasteiger partial charge is 0.694 e. The van der Waals surface area contributed by atoms with Crippen LogP contribution in [0, 0.1) is 6.92 Å². The van der Waals surface area contributed by atoms with E-state index in [4.69, 9.17) is 9.63 Å². The Morgan fingerprint density at radius 1 is 1.60 bits per heavy atom. The monoisotopic (exact) mass is 305 g/mol. The van der Waals surface area contributed by atoms with Gasteiger partial charge < -0.3 is 9.84 Å². The maximum absolute atomic E-state index is 11.7. The first-order chi connectivity index (χ1) is 9.38. The molecule has 0 amide bonds. The summed E-state index contributed by atoms with van der Waals surface area (Å²) in [6.45, 7) is 1.28. The molecule has 110 valence electrons. The third kappa shape index (κ3) is 3.20. The molecule has 1 saturated heterocycles. The van der Waals surface area contributed by atoms with Gasteiger partial charge in [-0.15, -0.1) is 9.42 Å². The lowest BCUT2D eigenvalue weighted by atomic mass is 10.2. The fraction of sp³-hybridized carbons (Fsp3) is 0.600. The molecule has 0 spiro atoms. The van der Waals surface area contributed by atoms with Gasteiger partial charge in [0.2, 0.25) is 0 Å². The fourth-order valence-corrected chi connectivity index (χ4v) is 2.25. The van der Waals surface area contributed by atoms with Crippen LogP contribution in [0.5, 0.6) is 0 Å². The summed E-state index contributed by atoms with van der Waals surface area (Å²) in [4.78, 5) is 33.6. The number of rotatable bonds is 4. The van der Waals surface area contributed by atoms with Crippen LogP contribution in [0.4, 0.5) is 0 Å². The molecular weight excluding hydrogens is 291 g/mol. The fourth-order valence-electron chi connectivity index (χ4n) is 1.97. The molecule has 1 aliphatic rings. The molecule has 2 heterocycles. The quantitative estimate of drug-likeness (QED) is 0.618. The number of aliphatic hydroxyl groups excluding tert-OH is 1. The van der Waals surface area contributed by atoms with E-state index in [-0.39, 0.29) is 13.0 Å². The highest BCUT2D eigenvalue weighted by Gasteiger charge is 2.37. The summed E-state index contributed by atoms with van der Waals surface area (Å²) in [5, 5.41) is 9.78. The highest BCUT2D eigenvalue weighted by molar-refractivity contribution is 7.32. The van der Waals surface area contributed by atoms with Gasteiger partial charge in [0.1, 0.15) is 18.9 Å². The molecule has 0 saturated carbocycles. The van der Waals surface area contributed by atoms with Crippen molar-refractivity contribution >= 4 is 8.25 Å². The predicted octanol–water partition coefficient (Wildman–Crippen LogP) is -0.840. The Morgan fingerprint density at radius 3 is 2.95 bits per heavy atom. The molecule has 10 heteroatoms. The minimum Gasteiger partial charge on any atom is -0.390 e. The van der Waals surface area contributed by atoms with E-state index in [1.165, 1.54) is 17.7 Å². The maximum atomic E-state index is 11.7. The van der Waals surface area contributed by atoms with Crippen LogP contribution >= 0.6 is 8.25 Å². The average Bonchev–Trinajstić information content (AvgIpc) is 2.72. The van der Waals surface area contributed by atoms with Crippen LogP contribution in [-0.4, -0.2) is 38.4 Å². The number of aryl methyl sites for hydroxylation is 1. The summed E-state index contributed by atoms with van der Waals surface area (Å²) >= 11 is 0. The van der Waals surface area contributed by atoms with E-state index in [1.54, 1.807) is 0 Å². The van der Waals surface area contributed by atoms with Gasteiger partial charge in [-0.25, -0.2) is 4.79 Å². The van der Waals surface area contributed by atoms with Gasteiger partial charge in [0, 0.05) is 22.7 Å². The standard InChI is InChI=1S/C10H13N2O7P/c1-5-3-12(10(15)11-9(5)14)8-2-6(13)7(19-8)4-18-20(16)17/h3,6-8,13H,2,4H2,1H3,(H-,11,14,15,16,17)/p+1/t6-,7+,8+/m0/s1. The van der Waals surface area contributed by atoms with Gasteiger partial charge in [-0.1, -0.05) is 0 Å². The van der Waals surface area contributed by atoms with Gasteiger partial charge in [-0.3, -0.25) is 14.3 Å². The number of aromatic nitrogens is 2. The van der Waals surface area contributed by atoms with Crippen molar-refractivity contribution in [2.24, 2.45) is 0 Å². The number of nitrogens with one attached hydrogen (secondary N) is 1. The summed E-state index contributed by atoms with van der Waals surface area (Å²) in [5.74, 6) is 0. The summed E-state index contributed by atoms with van der Waals surface area (Å²) < 4.78 is 21.5. The Balaban J connectivity index is 2.16. The van der Waals surface area contributed by atoms with Crippen LogP contribution < -0.4 is 11.2 Å². The Hall–Kier alpha value is -1.38. The number of ether oxygens (including phenoxy) is 1. The highest BCUT2D eigenvalue weighted by atomic mass is 31.1. The normalized spacial score (nSPS) is 26.8. The lowest BCUT2D eigenvalue weighted by molar-refractivity contribution is -0.0413. The highest BCUT2D eigenvalue weighted by Crippen LogP contribution is 2.29. The van der Waals surface area contributed by atoms with Crippen LogP contribution in [-0.2, 0) is 13.8 Å². The van der Waals surface area contributed by atoms with E-state index in [1.807, 2.05) is 0 Å². The second kappa shape index (κ2) is 5.94. The Kier molecular flexibility index (Phi) is 4.46. The van der Waals surface area contributed by atoms with Gasteiger partial charge in [0.05, 0.1) is 6.10 Å². The molecule has 20 heavy (non-hydrogen) atoms. The first kappa shape index (κ1) is 15.0. The van der Waals surface area contributed by atoms with Crippen molar-refractivity contribution in [3.63, 3.8) is 0 Å². The Labute approximate surface area is 113 Å². The molecule has 0 aliphatic carbocycles. The zero-order chi connectivity index (χ0) is 14.9. The van der Waals surface area contributed by atoms with Gasteiger partial charge in [0.15, 0.2) is 0 Å². The molecule has 9 nitrogen and oxygen atoms in total. The third-order valence-electron chi connectivity index (χ3n) is 3.01. The van der Waals surface area contributed by atoms with Gasteiger partial charge in [0.25, 0.3) is 5.56 Å². The van der Waals surface area contributed by atoms with Gasteiger partial charge in [-0.05, 0) is 6.92 Å². The van der Waals surface area contributed by atoms with Crippen LogP contribution in [0.15, 0.2) is 15.8 Å². The minimum atomic E-state index is -2.78. The maximum Gasteiger partial charge on any atom is 0.694 e. The molecule has 2 rings (SSSR count). The van der Waals surface area contributed by atoms with E-state index < -0.39 is 37.9 Å². The van der Waals surface area contributed by atoms with Crippen molar-refractivity contribution in [2.75, 3.05) is 6.61 Å². The minimum absolute atomic E-state index is 0.113. The molecule has 1 unspecified atom stereocenters. The van der Waals surface area contributed by atoms with Crippen LogP contribution in [0.3, 0.4) is 0 Å². The van der Waals surface area contributed by atoms with Crippen molar-refractivity contribution in [1.29, 1.82) is 0 Å².